The molecule has 0 radical (unpaired) electrons. The molecular weight excluding hydrogens is 522 g/mol. The minimum Gasteiger partial charge on any atom is -0.487 e. The van der Waals surface area contributed by atoms with Gasteiger partial charge in [-0.15, -0.1) is 22.7 Å². The lowest BCUT2D eigenvalue weighted by Gasteiger charge is -2.19. The Morgan fingerprint density at radius 1 is 0.974 bits per heavy atom. The lowest BCUT2D eigenvalue weighted by atomic mass is 9.82. The maximum Gasteiger partial charge on any atom is 0.325 e. The van der Waals surface area contributed by atoms with Crippen LogP contribution >= 0.6 is 22.7 Å². The number of thiophene rings is 1. The van der Waals surface area contributed by atoms with Crippen LogP contribution in [0.1, 0.15) is 23.7 Å². The molecule has 0 unspecified atom stereocenters. The monoisotopic (exact) mass is 545 g/mol. The molecule has 0 atom stereocenters. The number of carboxylic acids is 2. The van der Waals surface area contributed by atoms with Gasteiger partial charge in [-0.3, -0.25) is 14.3 Å². The number of benzene rings is 2. The first-order valence-corrected chi connectivity index (χ1v) is 13.4. The van der Waals surface area contributed by atoms with Crippen LogP contribution < -0.4 is 4.74 Å². The zero-order chi connectivity index (χ0) is 26.7. The molecule has 0 bridgehead atoms. The van der Waals surface area contributed by atoms with Crippen LogP contribution in [0.3, 0.4) is 0 Å². The van der Waals surface area contributed by atoms with Crippen molar-refractivity contribution in [2.45, 2.75) is 25.5 Å². The highest BCUT2D eigenvalue weighted by molar-refractivity contribution is 7.13. The molecule has 0 amide bonds. The van der Waals surface area contributed by atoms with Gasteiger partial charge < -0.3 is 14.9 Å². The minimum atomic E-state index is -2.13. The molecule has 2 N–H and O–H groups in total. The van der Waals surface area contributed by atoms with Crippen molar-refractivity contribution in [2.75, 3.05) is 0 Å². The summed E-state index contributed by atoms with van der Waals surface area (Å²) in [5.41, 5.74) is 1.18. The Bertz CT molecular complexity index is 1540. The zero-order valence-electron chi connectivity index (χ0n) is 20.3. The standard InChI is InChI=1S/C28H23N3O5S2/c1-28(26(32)33,27(34)35)22-15-31(30-24(22)23-8-5-13-37-23)14-18-9-11-21(12-10-18)36-16-20-17-38-25(29-20)19-6-3-2-4-7-19/h2-13,15,17H,14,16H2,1H3,(H,32,33)(H,34,35). The fourth-order valence-electron chi connectivity index (χ4n) is 3.91. The number of rotatable bonds is 10. The van der Waals surface area contributed by atoms with E-state index in [-0.39, 0.29) is 5.56 Å². The van der Waals surface area contributed by atoms with Gasteiger partial charge in [0, 0.05) is 22.7 Å². The van der Waals surface area contributed by atoms with Crippen molar-refractivity contribution in [2.24, 2.45) is 0 Å². The Balaban J connectivity index is 1.30. The molecule has 3 heterocycles. The molecule has 0 saturated carbocycles. The Hall–Kier alpha value is -4.28. The summed E-state index contributed by atoms with van der Waals surface area (Å²) >= 11 is 2.95. The van der Waals surface area contributed by atoms with Crippen LogP contribution in [-0.4, -0.2) is 36.9 Å². The first kappa shape index (κ1) is 25.4. The summed E-state index contributed by atoms with van der Waals surface area (Å²) in [6.07, 6.45) is 1.51. The molecule has 8 nitrogen and oxygen atoms in total. The van der Waals surface area contributed by atoms with Gasteiger partial charge in [0.15, 0.2) is 5.41 Å². The van der Waals surface area contributed by atoms with Crippen molar-refractivity contribution < 1.29 is 24.5 Å². The van der Waals surface area contributed by atoms with Crippen molar-refractivity contribution in [1.29, 1.82) is 0 Å². The van der Waals surface area contributed by atoms with Crippen molar-refractivity contribution >= 4 is 34.6 Å². The van der Waals surface area contributed by atoms with Crippen LogP contribution in [-0.2, 0) is 28.2 Å². The number of hydrogen-bond acceptors (Lipinski definition) is 7. The molecule has 0 aliphatic carbocycles. The smallest absolute Gasteiger partial charge is 0.325 e. The van der Waals surface area contributed by atoms with Crippen LogP contribution in [0, 0.1) is 0 Å². The zero-order valence-corrected chi connectivity index (χ0v) is 21.9. The van der Waals surface area contributed by atoms with Gasteiger partial charge in [0.05, 0.1) is 17.1 Å². The molecule has 0 fully saturated rings. The van der Waals surface area contributed by atoms with E-state index in [0.717, 1.165) is 21.8 Å². The molecule has 5 aromatic rings. The molecular formula is C28H23N3O5S2. The second-order valence-corrected chi connectivity index (χ2v) is 10.6. The first-order chi connectivity index (χ1) is 18.3. The van der Waals surface area contributed by atoms with E-state index in [1.165, 1.54) is 24.5 Å². The number of ether oxygens (including phenoxy) is 1. The Kier molecular flexibility index (Phi) is 7.08. The summed E-state index contributed by atoms with van der Waals surface area (Å²) in [5, 5.41) is 28.9. The molecule has 0 spiro atoms. The van der Waals surface area contributed by atoms with Gasteiger partial charge in [-0.1, -0.05) is 48.5 Å². The van der Waals surface area contributed by atoms with E-state index < -0.39 is 17.4 Å². The normalized spacial score (nSPS) is 11.4. The number of aliphatic carboxylic acids is 2. The number of hydrogen-bond donors (Lipinski definition) is 2. The predicted molar refractivity (Wildman–Crippen MR) is 146 cm³/mol. The highest BCUT2D eigenvalue weighted by Gasteiger charge is 2.46. The number of carbonyl (C=O) groups is 2. The van der Waals surface area contributed by atoms with E-state index in [1.54, 1.807) is 22.1 Å². The molecule has 0 aliphatic rings. The van der Waals surface area contributed by atoms with Crippen LogP contribution in [0.25, 0.3) is 21.1 Å². The topological polar surface area (TPSA) is 115 Å². The second kappa shape index (κ2) is 10.6. The highest BCUT2D eigenvalue weighted by atomic mass is 32.1. The van der Waals surface area contributed by atoms with Crippen LogP contribution in [0.4, 0.5) is 0 Å². The Morgan fingerprint density at radius 3 is 2.37 bits per heavy atom. The molecule has 192 valence electrons. The summed E-state index contributed by atoms with van der Waals surface area (Å²) in [4.78, 5) is 29.3. The van der Waals surface area contributed by atoms with Crippen molar-refractivity contribution in [1.82, 2.24) is 14.8 Å². The average molecular weight is 546 g/mol. The van der Waals surface area contributed by atoms with Gasteiger partial charge in [-0.2, -0.15) is 5.10 Å². The van der Waals surface area contributed by atoms with Crippen molar-refractivity contribution in [3.8, 4) is 26.9 Å². The van der Waals surface area contributed by atoms with E-state index in [1.807, 2.05) is 71.4 Å². The van der Waals surface area contributed by atoms with E-state index in [9.17, 15) is 19.8 Å². The predicted octanol–water partition coefficient (Wildman–Crippen LogP) is 5.79. The van der Waals surface area contributed by atoms with E-state index in [2.05, 4.69) is 10.1 Å². The molecule has 0 aliphatic heterocycles. The summed E-state index contributed by atoms with van der Waals surface area (Å²) in [5.74, 6) is -2.20. The van der Waals surface area contributed by atoms with Gasteiger partial charge in [-0.05, 0) is 36.1 Å². The number of carboxylic acid groups (broad SMARTS) is 2. The highest BCUT2D eigenvalue weighted by Crippen LogP contribution is 2.35. The maximum atomic E-state index is 12.0. The van der Waals surface area contributed by atoms with Crippen LogP contribution in [0.15, 0.2) is 83.7 Å². The lowest BCUT2D eigenvalue weighted by molar-refractivity contribution is -0.156. The molecule has 38 heavy (non-hydrogen) atoms. The van der Waals surface area contributed by atoms with E-state index in [0.29, 0.717) is 29.5 Å². The third-order valence-corrected chi connectivity index (χ3v) is 7.95. The summed E-state index contributed by atoms with van der Waals surface area (Å²) in [6.45, 7) is 1.87. The Labute approximate surface area is 226 Å². The lowest BCUT2D eigenvalue weighted by Crippen LogP contribution is -2.40. The fourth-order valence-corrected chi connectivity index (χ4v) is 5.44. The molecule has 5 rings (SSSR count). The number of thiazole rings is 1. The first-order valence-electron chi connectivity index (χ1n) is 11.6. The van der Waals surface area contributed by atoms with E-state index >= 15 is 0 Å². The van der Waals surface area contributed by atoms with Crippen LogP contribution in [0.5, 0.6) is 5.75 Å². The van der Waals surface area contributed by atoms with Gasteiger partial charge in [0.1, 0.15) is 23.1 Å². The largest absolute Gasteiger partial charge is 0.487 e. The van der Waals surface area contributed by atoms with Gasteiger partial charge >= 0.3 is 11.9 Å². The van der Waals surface area contributed by atoms with Gasteiger partial charge in [0.25, 0.3) is 0 Å². The molecule has 3 aromatic heterocycles. The quantitative estimate of drug-likeness (QED) is 0.214. The van der Waals surface area contributed by atoms with Crippen molar-refractivity contribution in [3.63, 3.8) is 0 Å². The van der Waals surface area contributed by atoms with E-state index in [4.69, 9.17) is 4.74 Å². The third-order valence-electron chi connectivity index (χ3n) is 6.14. The minimum absolute atomic E-state index is 0.137. The number of aromatic nitrogens is 3. The molecule has 2 aromatic carbocycles. The maximum absolute atomic E-state index is 12.0. The number of nitrogens with zero attached hydrogens (tertiary/aromatic N) is 3. The second-order valence-electron chi connectivity index (χ2n) is 8.74. The van der Waals surface area contributed by atoms with Crippen molar-refractivity contribution in [3.05, 3.63) is 101 Å². The average Bonchev–Trinajstić information content (AvgIpc) is 3.69. The SMILES string of the molecule is CC(C(=O)O)(C(=O)O)c1cn(Cc2ccc(OCc3csc(-c4ccccc4)n3)cc2)nc1-c1cccs1. The fraction of sp³-hybridized carbons (Fsp3) is 0.143. The molecule has 10 heteroatoms. The van der Waals surface area contributed by atoms with Crippen LogP contribution in [0.2, 0.25) is 0 Å². The summed E-state index contributed by atoms with van der Waals surface area (Å²) < 4.78 is 7.48. The van der Waals surface area contributed by atoms with Gasteiger partial charge in [0.2, 0.25) is 0 Å². The summed E-state index contributed by atoms with van der Waals surface area (Å²) in [6, 6.07) is 21.1. The molecule has 0 saturated heterocycles. The third kappa shape index (κ3) is 5.09. The van der Waals surface area contributed by atoms with Gasteiger partial charge in [-0.25, -0.2) is 4.98 Å². The summed E-state index contributed by atoms with van der Waals surface area (Å²) in [7, 11) is 0. The Morgan fingerprint density at radius 2 is 1.71 bits per heavy atom.